The van der Waals surface area contributed by atoms with Crippen LogP contribution in [0.5, 0.6) is 23.0 Å². The Labute approximate surface area is 751 Å². The van der Waals surface area contributed by atoms with E-state index < -0.39 is 17.5 Å². The van der Waals surface area contributed by atoms with Crippen LogP contribution in [0.15, 0.2) is 170 Å². The topological polar surface area (TPSA) is 306 Å². The summed E-state index contributed by atoms with van der Waals surface area (Å²) < 4.78 is 67.0. The first-order valence-corrected chi connectivity index (χ1v) is 43.8. The zero-order valence-corrected chi connectivity index (χ0v) is 73.4. The van der Waals surface area contributed by atoms with Gasteiger partial charge in [-0.25, -0.2) is 37.9 Å². The highest BCUT2D eigenvalue weighted by Crippen LogP contribution is 2.65. The fourth-order valence-corrected chi connectivity index (χ4v) is 20.5. The molecule has 662 valence electrons. The molecule has 26 nitrogen and oxygen atoms in total. The zero-order chi connectivity index (χ0) is 88.8. The van der Waals surface area contributed by atoms with Crippen LogP contribution >= 0.6 is 46.4 Å². The van der Waals surface area contributed by atoms with Gasteiger partial charge in [-0.05, 0) is 224 Å². The molecule has 12 saturated carbocycles. The van der Waals surface area contributed by atoms with Gasteiger partial charge >= 0.3 is 5.97 Å². The average molecular weight is 1810 g/mol. The number of fused-ring (bicyclic) bond motifs is 2. The van der Waals surface area contributed by atoms with Crippen LogP contribution in [0.4, 0.5) is 47.7 Å². The number of benzene rings is 7. The predicted molar refractivity (Wildman–Crippen MR) is 481 cm³/mol. The number of ether oxygens (including phenoxy) is 5. The molecule has 0 spiro atoms. The Bertz CT molecular complexity index is 5890. The van der Waals surface area contributed by atoms with Crippen molar-refractivity contribution in [2.24, 2.45) is 0 Å². The molecule has 14 aliphatic rings. The van der Waals surface area contributed by atoms with E-state index in [0.717, 1.165) is 179 Å². The number of likely N-dealkylation sites (N-methyl/N-ethyl adjacent to an activating group) is 1. The molecule has 4 amide bonds. The summed E-state index contributed by atoms with van der Waals surface area (Å²) in [6, 6.07) is 44.9. The lowest BCUT2D eigenvalue weighted by atomic mass is 9.44. The van der Waals surface area contributed by atoms with Crippen LogP contribution < -0.4 is 71.3 Å². The first-order chi connectivity index (χ1) is 60.8. The lowest BCUT2D eigenvalue weighted by Crippen LogP contribution is -2.81. The number of ketones is 1. The van der Waals surface area contributed by atoms with Gasteiger partial charge < -0.3 is 80.9 Å². The van der Waals surface area contributed by atoms with Crippen molar-refractivity contribution in [1.29, 1.82) is 0 Å². The maximum Gasteiger partial charge on any atom is 0.337 e. The molecule has 127 heavy (non-hydrogen) atoms. The Morgan fingerprint density at radius 3 is 1.40 bits per heavy atom. The number of aryl methyl sites for hydroxylation is 1. The van der Waals surface area contributed by atoms with Crippen molar-refractivity contribution in [2.45, 2.75) is 148 Å². The molecular formula is C94H96Cl4F3N15O11. The molecule has 12 aliphatic carbocycles. The lowest BCUT2D eigenvalue weighted by Gasteiger charge is -2.70. The summed E-state index contributed by atoms with van der Waals surface area (Å²) in [7, 11) is 3.51. The summed E-state index contributed by atoms with van der Waals surface area (Å²) in [5.74, 6) is 1.05. The second-order valence-corrected chi connectivity index (χ2v) is 37.5. The minimum Gasteiger partial charge on any atom is -0.484 e. The van der Waals surface area contributed by atoms with Crippen LogP contribution in [0.1, 0.15) is 123 Å². The number of esters is 1. The summed E-state index contributed by atoms with van der Waals surface area (Å²) >= 11 is 23.0. The van der Waals surface area contributed by atoms with Gasteiger partial charge in [0.2, 0.25) is 0 Å². The van der Waals surface area contributed by atoms with Crippen molar-refractivity contribution in [3.8, 4) is 23.0 Å². The van der Waals surface area contributed by atoms with Crippen molar-refractivity contribution in [3.05, 3.63) is 225 Å². The number of nitrogens with zero attached hydrogens (tertiary/aromatic N) is 7. The van der Waals surface area contributed by atoms with Gasteiger partial charge in [0.1, 0.15) is 69.9 Å². The van der Waals surface area contributed by atoms with E-state index in [4.69, 9.17) is 70.1 Å². The van der Waals surface area contributed by atoms with Crippen LogP contribution in [0, 0.1) is 24.4 Å². The molecule has 8 N–H and O–H groups in total. The van der Waals surface area contributed by atoms with Crippen LogP contribution in [0.25, 0.3) is 21.7 Å². The minimum atomic E-state index is -0.589. The number of amides is 4. The van der Waals surface area contributed by atoms with Crippen molar-refractivity contribution < 1.29 is 65.6 Å². The number of pyridine rings is 2. The van der Waals surface area contributed by atoms with Gasteiger partial charge in [-0.3, -0.25) is 24.0 Å². The third kappa shape index (κ3) is 19.3. The van der Waals surface area contributed by atoms with E-state index in [1.165, 1.54) is 69.0 Å². The summed E-state index contributed by atoms with van der Waals surface area (Å²) in [6.07, 6.45) is 16.2. The number of carbonyl (C=O) groups is 6. The SMILES string of the molecule is CC(=O)c1cccc(NC23CC(NC(=O)COc4ccc(Cl)c(F)c4)(C2)C3)n1.CN1CCN(c2ncnc3ccc(NC45CC(NC(=O)COc6ccc(Cl)c(F)c6)(C4)C5)cc23)CC1.COC(=O)c1ccc2cccc(NC34CC(NC(=O)COc5ccc(Cl)c(F)c5)(C3)C4)c2c1.Cc1cc(OCC(=O)NC23CC(Nc4cc(N5CCCC5)ccn4)(C2)C3)ccc1Cl. The molecule has 14 fully saturated rings. The number of halogens is 7. The van der Waals surface area contributed by atoms with E-state index in [1.807, 2.05) is 61.7 Å². The molecule has 0 unspecified atom stereocenters. The highest BCUT2D eigenvalue weighted by atomic mass is 35.5. The Kier molecular flexibility index (Phi) is 24.2. The number of nitrogens with one attached hydrogen (secondary N) is 8. The van der Waals surface area contributed by atoms with Crippen LogP contribution in [0.3, 0.4) is 0 Å². The number of anilines is 6. The van der Waals surface area contributed by atoms with E-state index in [0.29, 0.717) is 27.8 Å². The van der Waals surface area contributed by atoms with Crippen LogP contribution in [0.2, 0.25) is 20.1 Å². The molecule has 2 aliphatic heterocycles. The van der Waals surface area contributed by atoms with E-state index >= 15 is 0 Å². The van der Waals surface area contributed by atoms with Crippen molar-refractivity contribution in [1.82, 2.24) is 46.1 Å². The largest absolute Gasteiger partial charge is 0.484 e. The van der Waals surface area contributed by atoms with E-state index in [1.54, 1.807) is 42.7 Å². The third-order valence-corrected chi connectivity index (χ3v) is 27.0. The molecule has 10 aromatic rings. The minimum absolute atomic E-state index is 0.00572. The first kappa shape index (κ1) is 87.4. The molecule has 24 rings (SSSR count). The average Bonchev–Trinajstić information content (AvgIpc) is 0.792. The predicted octanol–water partition coefficient (Wildman–Crippen LogP) is 15.4. The van der Waals surface area contributed by atoms with Crippen LogP contribution in [-0.2, 0) is 23.9 Å². The van der Waals surface area contributed by atoms with Gasteiger partial charge in [-0.2, -0.15) is 0 Å². The molecule has 5 heterocycles. The molecule has 7 aromatic carbocycles. The Balaban J connectivity index is 0.000000120. The van der Waals surface area contributed by atoms with Gasteiger partial charge in [0.25, 0.3) is 23.6 Å². The molecule has 33 heteroatoms. The van der Waals surface area contributed by atoms with E-state index in [9.17, 15) is 41.9 Å². The Hall–Kier alpha value is -11.6. The summed E-state index contributed by atoms with van der Waals surface area (Å²) in [6.45, 7) is 9.05. The number of aromatic nitrogens is 4. The summed E-state index contributed by atoms with van der Waals surface area (Å²) in [4.78, 5) is 97.6. The lowest BCUT2D eigenvalue weighted by molar-refractivity contribution is -0.136. The number of Topliss-reactive ketones (excluding diaryl/α,β-unsaturated/α-hetero) is 1. The number of piperazine rings is 1. The standard InChI is InChI=1S/C26H28ClFN6O2.C25H22ClFN2O4.C23H27ClN4O2.C20H19ClFN3O3/c1-33-6-8-34(9-7-33)24-19-10-17(2-5-22(19)29-16-30-24)31-25-13-26(14-25,15-25)32-23(35)12-36-18-3-4-20(27)21(28)11-18;1-32-23(31)16-6-5-15-3-2-4-21(18(15)9-16)28-24-12-25(13-24,14-24)29-22(30)11-33-17-7-8-19(26)20(27)10-17;1-16-10-18(4-5-19(16)24)30-12-21(29)27-23-13-22(14-23,15-23)26-20-11-17(6-7-25-20)28-8-2-3-9-28;1-12(26)16-3-2-4-17(23-16)24-19-9-20(10-19,11-19)25-18(27)8-28-13-5-6-14(21)15(22)7-13/h2-5,10-11,16,31H,6-9,12-15H2,1H3,(H,32,35);2-10,28H,11-14H2,1H3,(H,29,30);4-7,10-11H,2-3,8-9,12-15H2,1H3,(H,25,26)(H,27,29);2-7H,8-11H2,1H3,(H,23,24)(H,25,27). The fraction of sp³-hybridized carbons (Fsp3) is 0.383. The second-order valence-electron chi connectivity index (χ2n) is 35.9. The fourth-order valence-electron chi connectivity index (χ4n) is 20.1. The van der Waals surface area contributed by atoms with Gasteiger partial charge in [-0.15, -0.1) is 0 Å². The number of hydrogen-bond acceptors (Lipinski definition) is 22. The van der Waals surface area contributed by atoms with E-state index in [2.05, 4.69) is 108 Å². The maximum absolute atomic E-state index is 13.6. The molecular weight excluding hydrogens is 1710 g/mol. The van der Waals surface area contributed by atoms with Gasteiger partial charge in [0, 0.05) is 154 Å². The molecule has 2 saturated heterocycles. The quantitative estimate of drug-likeness (QED) is 0.0167. The van der Waals surface area contributed by atoms with Gasteiger partial charge in [0.05, 0.1) is 33.3 Å². The number of hydrogen-bond donors (Lipinski definition) is 8. The van der Waals surface area contributed by atoms with Crippen molar-refractivity contribution >= 4 is 138 Å². The van der Waals surface area contributed by atoms with E-state index in [-0.39, 0.29) is 138 Å². The molecule has 0 atom stereocenters. The number of carbonyl (C=O) groups excluding carboxylic acids is 6. The van der Waals surface area contributed by atoms with Gasteiger partial charge in [0.15, 0.2) is 32.2 Å². The third-order valence-electron chi connectivity index (χ3n) is 25.7. The van der Waals surface area contributed by atoms with Gasteiger partial charge in [-0.1, -0.05) is 70.7 Å². The Morgan fingerprint density at radius 1 is 0.441 bits per heavy atom. The zero-order valence-electron chi connectivity index (χ0n) is 70.4. The smallest absolute Gasteiger partial charge is 0.337 e. The second kappa shape index (κ2) is 35.2. The monoisotopic (exact) mass is 1810 g/mol. The van der Waals surface area contributed by atoms with Crippen molar-refractivity contribution in [3.63, 3.8) is 0 Å². The highest BCUT2D eigenvalue weighted by Gasteiger charge is 2.71. The summed E-state index contributed by atoms with van der Waals surface area (Å²) in [5, 5.41) is 30.4. The number of methoxy groups -OCH3 is 1. The maximum atomic E-state index is 13.6. The number of rotatable bonds is 28. The molecule has 3 aromatic heterocycles. The normalized spacial score (nSPS) is 24.7. The first-order valence-electron chi connectivity index (χ1n) is 42.3. The molecule has 0 radical (unpaired) electrons. The van der Waals surface area contributed by atoms with Crippen LogP contribution in [-0.4, -0.2) is 184 Å². The van der Waals surface area contributed by atoms with Crippen molar-refractivity contribution in [2.75, 3.05) is 111 Å². The summed E-state index contributed by atoms with van der Waals surface area (Å²) in [5.41, 5.74) is 5.19. The Morgan fingerprint density at radius 2 is 0.913 bits per heavy atom. The molecule has 8 bridgehead atoms. The highest BCUT2D eigenvalue weighted by molar-refractivity contribution is 6.32.